The first kappa shape index (κ1) is 14.5. The Kier molecular flexibility index (Phi) is 4.17. The predicted octanol–water partition coefficient (Wildman–Crippen LogP) is 1.68. The standard InChI is InChI=1S/C13H14N4O4/c1-16-7-6-15-12(16)4-5-14-9-2-3-11(17(20)21)10(8-9)13(18)19/h2-3,6-8,14H,4-5H2,1H3,(H,18,19). The maximum Gasteiger partial charge on any atom is 0.342 e. The molecule has 2 aromatic rings. The van der Waals surface area contributed by atoms with Gasteiger partial charge in [0, 0.05) is 44.2 Å². The summed E-state index contributed by atoms with van der Waals surface area (Å²) >= 11 is 0. The van der Waals surface area contributed by atoms with Crippen LogP contribution in [-0.2, 0) is 13.5 Å². The average molecular weight is 290 g/mol. The highest BCUT2D eigenvalue weighted by Crippen LogP contribution is 2.22. The number of hydrogen-bond donors (Lipinski definition) is 2. The molecule has 1 aromatic carbocycles. The third kappa shape index (κ3) is 3.35. The zero-order valence-electron chi connectivity index (χ0n) is 11.3. The van der Waals surface area contributed by atoms with Crippen LogP contribution in [0, 0.1) is 10.1 Å². The van der Waals surface area contributed by atoms with E-state index in [-0.39, 0.29) is 5.56 Å². The SMILES string of the molecule is Cn1ccnc1CCNc1ccc([N+](=O)[O-])c(C(=O)O)c1. The fourth-order valence-electron chi connectivity index (χ4n) is 1.93. The molecule has 0 atom stereocenters. The Morgan fingerprint density at radius 2 is 2.29 bits per heavy atom. The largest absolute Gasteiger partial charge is 0.477 e. The number of aromatic nitrogens is 2. The first-order valence-electron chi connectivity index (χ1n) is 6.21. The summed E-state index contributed by atoms with van der Waals surface area (Å²) in [5.41, 5.74) is -0.230. The number of nitro groups is 1. The predicted molar refractivity (Wildman–Crippen MR) is 75.5 cm³/mol. The Bertz CT molecular complexity index is 681. The van der Waals surface area contributed by atoms with E-state index < -0.39 is 16.6 Å². The Balaban J connectivity index is 2.07. The van der Waals surface area contributed by atoms with Crippen molar-refractivity contribution in [3.8, 4) is 0 Å². The highest BCUT2D eigenvalue weighted by Gasteiger charge is 2.19. The lowest BCUT2D eigenvalue weighted by atomic mass is 10.1. The molecule has 21 heavy (non-hydrogen) atoms. The number of hydrogen-bond acceptors (Lipinski definition) is 5. The number of nitrogens with one attached hydrogen (secondary N) is 1. The molecular formula is C13H14N4O4. The van der Waals surface area contributed by atoms with Gasteiger partial charge < -0.3 is 15.0 Å². The van der Waals surface area contributed by atoms with Gasteiger partial charge in [-0.1, -0.05) is 0 Å². The summed E-state index contributed by atoms with van der Waals surface area (Å²) in [4.78, 5) is 25.3. The van der Waals surface area contributed by atoms with Gasteiger partial charge >= 0.3 is 5.97 Å². The van der Waals surface area contributed by atoms with Gasteiger partial charge in [0.1, 0.15) is 11.4 Å². The number of carboxylic acid groups (broad SMARTS) is 1. The number of benzene rings is 1. The maximum atomic E-state index is 11.0. The van der Waals surface area contributed by atoms with Crippen molar-refractivity contribution in [2.24, 2.45) is 7.05 Å². The van der Waals surface area contributed by atoms with Crippen LogP contribution in [0.5, 0.6) is 0 Å². The minimum atomic E-state index is -1.32. The second kappa shape index (κ2) is 6.04. The lowest BCUT2D eigenvalue weighted by Crippen LogP contribution is -2.10. The molecule has 2 rings (SSSR count). The van der Waals surface area contributed by atoms with Gasteiger partial charge in [0.05, 0.1) is 4.92 Å². The fourth-order valence-corrected chi connectivity index (χ4v) is 1.93. The van der Waals surface area contributed by atoms with Crippen molar-refractivity contribution in [3.63, 3.8) is 0 Å². The van der Waals surface area contributed by atoms with Crippen molar-refractivity contribution >= 4 is 17.3 Å². The van der Waals surface area contributed by atoms with Gasteiger partial charge in [-0.2, -0.15) is 0 Å². The number of nitro benzene ring substituents is 1. The normalized spacial score (nSPS) is 10.3. The van der Waals surface area contributed by atoms with Crippen molar-refractivity contribution < 1.29 is 14.8 Å². The number of nitrogens with zero attached hydrogens (tertiary/aromatic N) is 3. The van der Waals surface area contributed by atoms with Crippen molar-refractivity contribution in [2.45, 2.75) is 6.42 Å². The van der Waals surface area contributed by atoms with E-state index in [0.29, 0.717) is 18.7 Å². The van der Waals surface area contributed by atoms with Crippen LogP contribution in [0.25, 0.3) is 0 Å². The summed E-state index contributed by atoms with van der Waals surface area (Å²) in [6, 6.07) is 3.94. The highest BCUT2D eigenvalue weighted by molar-refractivity contribution is 5.93. The molecule has 1 aromatic heterocycles. The summed E-state index contributed by atoms with van der Waals surface area (Å²) < 4.78 is 1.89. The van der Waals surface area contributed by atoms with Crippen LogP contribution in [-0.4, -0.2) is 32.1 Å². The molecule has 110 valence electrons. The molecule has 0 aliphatic heterocycles. The third-order valence-electron chi connectivity index (χ3n) is 3.02. The van der Waals surface area contributed by atoms with Crippen molar-refractivity contribution in [1.82, 2.24) is 9.55 Å². The van der Waals surface area contributed by atoms with Crippen LogP contribution >= 0.6 is 0 Å². The summed E-state index contributed by atoms with van der Waals surface area (Å²) in [5.74, 6) is -0.433. The van der Waals surface area contributed by atoms with Crippen LogP contribution in [0.4, 0.5) is 11.4 Å². The quantitative estimate of drug-likeness (QED) is 0.618. The van der Waals surface area contributed by atoms with Crippen LogP contribution < -0.4 is 5.32 Å². The number of imidazole rings is 1. The number of carboxylic acids is 1. The van der Waals surface area contributed by atoms with Crippen molar-refractivity contribution in [3.05, 3.63) is 52.1 Å². The number of anilines is 1. The molecule has 0 spiro atoms. The van der Waals surface area contributed by atoms with Gasteiger partial charge in [0.25, 0.3) is 5.69 Å². The Morgan fingerprint density at radius 1 is 1.52 bits per heavy atom. The Labute approximate surface area is 120 Å². The minimum Gasteiger partial charge on any atom is -0.477 e. The molecule has 0 aliphatic rings. The van der Waals surface area contributed by atoms with Gasteiger partial charge in [-0.25, -0.2) is 9.78 Å². The molecule has 0 amide bonds. The summed E-state index contributed by atoms with van der Waals surface area (Å²) in [6.45, 7) is 0.543. The first-order valence-corrected chi connectivity index (χ1v) is 6.21. The minimum absolute atomic E-state index is 0.331. The van der Waals surface area contributed by atoms with Gasteiger partial charge in [-0.3, -0.25) is 10.1 Å². The molecule has 0 bridgehead atoms. The van der Waals surface area contributed by atoms with E-state index in [1.54, 1.807) is 6.20 Å². The highest BCUT2D eigenvalue weighted by atomic mass is 16.6. The van der Waals surface area contributed by atoms with E-state index in [1.165, 1.54) is 18.2 Å². The molecule has 8 heteroatoms. The molecule has 0 fully saturated rings. The van der Waals surface area contributed by atoms with Crippen molar-refractivity contribution in [2.75, 3.05) is 11.9 Å². The average Bonchev–Trinajstić information content (AvgIpc) is 2.84. The summed E-state index contributed by atoms with van der Waals surface area (Å²) in [7, 11) is 1.89. The second-order valence-corrected chi connectivity index (χ2v) is 4.43. The van der Waals surface area contributed by atoms with Gasteiger partial charge in [-0.15, -0.1) is 0 Å². The topological polar surface area (TPSA) is 110 Å². The van der Waals surface area contributed by atoms with Crippen LogP contribution in [0.1, 0.15) is 16.2 Å². The molecular weight excluding hydrogens is 276 g/mol. The third-order valence-corrected chi connectivity index (χ3v) is 3.02. The smallest absolute Gasteiger partial charge is 0.342 e. The molecule has 0 radical (unpaired) electrons. The number of rotatable bonds is 6. The summed E-state index contributed by atoms with van der Waals surface area (Å²) in [5, 5.41) is 22.8. The van der Waals surface area contributed by atoms with E-state index in [2.05, 4.69) is 10.3 Å². The van der Waals surface area contributed by atoms with Crippen LogP contribution in [0.3, 0.4) is 0 Å². The lowest BCUT2D eigenvalue weighted by Gasteiger charge is -2.07. The van der Waals surface area contributed by atoms with Gasteiger partial charge in [0.15, 0.2) is 0 Å². The lowest BCUT2D eigenvalue weighted by molar-refractivity contribution is -0.385. The van der Waals surface area contributed by atoms with Crippen LogP contribution in [0.2, 0.25) is 0 Å². The fraction of sp³-hybridized carbons (Fsp3) is 0.231. The number of aromatic carboxylic acids is 1. The van der Waals surface area contributed by atoms with Crippen LogP contribution in [0.15, 0.2) is 30.6 Å². The monoisotopic (exact) mass is 290 g/mol. The zero-order valence-corrected chi connectivity index (χ0v) is 11.3. The van der Waals surface area contributed by atoms with Gasteiger partial charge in [-0.05, 0) is 12.1 Å². The van der Waals surface area contributed by atoms with E-state index in [4.69, 9.17) is 5.11 Å². The molecule has 0 aliphatic carbocycles. The van der Waals surface area contributed by atoms with E-state index in [0.717, 1.165) is 5.82 Å². The number of aryl methyl sites for hydroxylation is 1. The molecule has 2 N–H and O–H groups in total. The molecule has 1 heterocycles. The Hall–Kier alpha value is -2.90. The molecule has 8 nitrogen and oxygen atoms in total. The van der Waals surface area contributed by atoms with Crippen molar-refractivity contribution in [1.29, 1.82) is 0 Å². The second-order valence-electron chi connectivity index (χ2n) is 4.43. The summed E-state index contributed by atoms with van der Waals surface area (Å²) in [6.07, 6.45) is 4.19. The van der Waals surface area contributed by atoms with Gasteiger partial charge in [0.2, 0.25) is 0 Å². The maximum absolute atomic E-state index is 11.0. The molecule has 0 saturated heterocycles. The number of carbonyl (C=O) groups is 1. The van der Waals surface area contributed by atoms with E-state index in [1.807, 2.05) is 17.8 Å². The Morgan fingerprint density at radius 3 is 2.86 bits per heavy atom. The van der Waals surface area contributed by atoms with E-state index >= 15 is 0 Å². The molecule has 0 unspecified atom stereocenters. The molecule has 0 saturated carbocycles. The van der Waals surface area contributed by atoms with E-state index in [9.17, 15) is 14.9 Å². The zero-order chi connectivity index (χ0) is 15.4. The first-order chi connectivity index (χ1) is 9.99.